The van der Waals surface area contributed by atoms with Crippen molar-refractivity contribution >= 4 is 11.5 Å². The lowest BCUT2D eigenvalue weighted by atomic mass is 9.96. The molecule has 9 nitrogen and oxygen atoms in total. The summed E-state index contributed by atoms with van der Waals surface area (Å²) in [5, 5.41) is 21.8. The van der Waals surface area contributed by atoms with Crippen molar-refractivity contribution in [3.63, 3.8) is 0 Å². The number of hydrogen-bond acceptors (Lipinski definition) is 8. The molecule has 0 amide bonds. The highest BCUT2D eigenvalue weighted by atomic mass is 16.5. The molecule has 25 heavy (non-hydrogen) atoms. The average Bonchev–Trinajstić information content (AvgIpc) is 3.11. The van der Waals surface area contributed by atoms with Gasteiger partial charge in [-0.25, -0.2) is 9.97 Å². The van der Waals surface area contributed by atoms with Crippen molar-refractivity contribution in [1.82, 2.24) is 29.8 Å². The molecule has 4 rings (SSSR count). The number of methoxy groups -OCH3 is 1. The lowest BCUT2D eigenvalue weighted by Crippen LogP contribution is -2.34. The molecular formula is C16H16N8O. The smallest absolute Gasteiger partial charge is 0.231 e. The highest BCUT2D eigenvalue weighted by molar-refractivity contribution is 5.40. The highest BCUT2D eigenvalue weighted by Crippen LogP contribution is 2.28. The molecule has 0 saturated carbocycles. The van der Waals surface area contributed by atoms with Crippen LogP contribution in [0.25, 0.3) is 5.65 Å². The van der Waals surface area contributed by atoms with Crippen LogP contribution >= 0.6 is 0 Å². The Morgan fingerprint density at radius 2 is 2.00 bits per heavy atom. The van der Waals surface area contributed by atoms with Gasteiger partial charge in [0, 0.05) is 25.1 Å². The molecule has 0 aliphatic carbocycles. The third-order valence-electron chi connectivity index (χ3n) is 4.41. The summed E-state index contributed by atoms with van der Waals surface area (Å²) in [6.45, 7) is 1.67. The number of aromatic nitrogens is 6. The second-order valence-electron chi connectivity index (χ2n) is 5.84. The molecule has 0 radical (unpaired) electrons. The summed E-state index contributed by atoms with van der Waals surface area (Å²) in [7, 11) is 1.59. The summed E-state index contributed by atoms with van der Waals surface area (Å²) in [4.78, 5) is 10.6. The Balaban J connectivity index is 1.51. The second-order valence-corrected chi connectivity index (χ2v) is 5.84. The fourth-order valence-corrected chi connectivity index (χ4v) is 3.06. The number of nitriles is 1. The third kappa shape index (κ3) is 2.82. The van der Waals surface area contributed by atoms with Crippen molar-refractivity contribution < 1.29 is 4.74 Å². The first kappa shape index (κ1) is 15.3. The van der Waals surface area contributed by atoms with Gasteiger partial charge in [-0.3, -0.25) is 0 Å². The summed E-state index contributed by atoms with van der Waals surface area (Å²) in [5.74, 6) is 2.47. The van der Waals surface area contributed by atoms with Gasteiger partial charge in [0.25, 0.3) is 0 Å². The third-order valence-corrected chi connectivity index (χ3v) is 4.41. The van der Waals surface area contributed by atoms with Crippen LogP contribution in [0.2, 0.25) is 0 Å². The van der Waals surface area contributed by atoms with Gasteiger partial charge >= 0.3 is 0 Å². The molecule has 0 atom stereocenters. The summed E-state index contributed by atoms with van der Waals surface area (Å²) in [6.07, 6.45) is 4.99. The molecule has 4 heterocycles. The van der Waals surface area contributed by atoms with E-state index in [4.69, 9.17) is 10.00 Å². The van der Waals surface area contributed by atoms with Crippen molar-refractivity contribution in [2.75, 3.05) is 25.1 Å². The maximum atomic E-state index is 8.81. The van der Waals surface area contributed by atoms with E-state index in [9.17, 15) is 0 Å². The average molecular weight is 336 g/mol. The van der Waals surface area contributed by atoms with Crippen LogP contribution in [0.4, 0.5) is 5.82 Å². The minimum absolute atomic E-state index is 0.275. The molecule has 1 aliphatic rings. The molecule has 1 saturated heterocycles. The predicted octanol–water partition coefficient (Wildman–Crippen LogP) is 1.18. The van der Waals surface area contributed by atoms with Gasteiger partial charge in [-0.15, -0.1) is 15.3 Å². The zero-order valence-electron chi connectivity index (χ0n) is 13.7. The highest BCUT2D eigenvalue weighted by Gasteiger charge is 2.26. The minimum Gasteiger partial charge on any atom is -0.480 e. The van der Waals surface area contributed by atoms with Crippen molar-refractivity contribution in [2.45, 2.75) is 18.8 Å². The van der Waals surface area contributed by atoms with Crippen LogP contribution in [-0.4, -0.2) is 50.0 Å². The van der Waals surface area contributed by atoms with Crippen LogP contribution in [0.3, 0.4) is 0 Å². The molecule has 1 fully saturated rings. The van der Waals surface area contributed by atoms with Gasteiger partial charge in [-0.1, -0.05) is 0 Å². The van der Waals surface area contributed by atoms with Gasteiger partial charge in [-0.2, -0.15) is 9.78 Å². The van der Waals surface area contributed by atoms with Crippen molar-refractivity contribution in [3.05, 3.63) is 36.0 Å². The van der Waals surface area contributed by atoms with Gasteiger partial charge < -0.3 is 9.64 Å². The Labute approximate surface area is 143 Å². The molecule has 0 N–H and O–H groups in total. The fraction of sp³-hybridized carbons (Fsp3) is 0.375. The number of piperidine rings is 1. The van der Waals surface area contributed by atoms with Crippen LogP contribution in [0.1, 0.15) is 30.3 Å². The Hall–Kier alpha value is -3.28. The van der Waals surface area contributed by atoms with Gasteiger partial charge in [0.1, 0.15) is 11.9 Å². The molecule has 0 spiro atoms. The molecule has 0 unspecified atom stereocenters. The summed E-state index contributed by atoms with van der Waals surface area (Å²) < 4.78 is 6.96. The van der Waals surface area contributed by atoms with Gasteiger partial charge in [0.05, 0.1) is 19.5 Å². The maximum Gasteiger partial charge on any atom is 0.231 e. The van der Waals surface area contributed by atoms with E-state index in [0.29, 0.717) is 11.6 Å². The molecule has 9 heteroatoms. The van der Waals surface area contributed by atoms with Crippen molar-refractivity contribution in [1.29, 1.82) is 5.26 Å². The molecular weight excluding hydrogens is 320 g/mol. The first-order valence-corrected chi connectivity index (χ1v) is 8.02. The van der Waals surface area contributed by atoms with Crippen LogP contribution < -0.4 is 9.64 Å². The number of nitrogens with zero attached hydrogens (tertiary/aromatic N) is 8. The quantitative estimate of drug-likeness (QED) is 0.702. The Morgan fingerprint density at radius 3 is 2.68 bits per heavy atom. The van der Waals surface area contributed by atoms with E-state index in [1.807, 2.05) is 12.1 Å². The first-order chi connectivity index (χ1) is 12.3. The van der Waals surface area contributed by atoms with E-state index in [1.54, 1.807) is 23.9 Å². The van der Waals surface area contributed by atoms with E-state index in [-0.39, 0.29) is 5.92 Å². The Bertz CT molecular complexity index is 921. The summed E-state index contributed by atoms with van der Waals surface area (Å²) >= 11 is 0. The topological polar surface area (TPSA) is 105 Å². The zero-order chi connectivity index (χ0) is 17.2. The van der Waals surface area contributed by atoms with Gasteiger partial charge in [-0.05, 0) is 18.9 Å². The molecule has 1 aliphatic heterocycles. The van der Waals surface area contributed by atoms with Crippen LogP contribution in [0.5, 0.6) is 5.88 Å². The monoisotopic (exact) mass is 336 g/mol. The standard InChI is InChI=1S/C16H16N8O/c1-25-15-3-2-13-20-21-16(24(13)22-15)11-4-6-23(7-5-11)14-10-18-12(8-17)9-19-14/h2-3,9-11H,4-7H2,1H3. The van der Waals surface area contributed by atoms with Crippen LogP contribution in [0.15, 0.2) is 24.5 Å². The molecule has 3 aromatic rings. The van der Waals surface area contributed by atoms with E-state index in [2.05, 4.69) is 30.2 Å². The first-order valence-electron chi connectivity index (χ1n) is 8.02. The molecule has 3 aromatic heterocycles. The number of ether oxygens (including phenoxy) is 1. The zero-order valence-corrected chi connectivity index (χ0v) is 13.7. The normalized spacial score (nSPS) is 15.3. The number of anilines is 1. The maximum absolute atomic E-state index is 8.81. The SMILES string of the molecule is COc1ccc2nnc(C3CCN(c4cnc(C#N)cn4)CC3)n2n1. The summed E-state index contributed by atoms with van der Waals surface area (Å²) in [5.41, 5.74) is 1.05. The number of hydrogen-bond donors (Lipinski definition) is 0. The predicted molar refractivity (Wildman–Crippen MR) is 88.3 cm³/mol. The number of fused-ring (bicyclic) bond motifs is 1. The molecule has 0 bridgehead atoms. The minimum atomic E-state index is 0.275. The van der Waals surface area contributed by atoms with E-state index in [0.717, 1.165) is 43.2 Å². The Kier molecular flexibility index (Phi) is 3.85. The number of rotatable bonds is 3. The van der Waals surface area contributed by atoms with Gasteiger partial charge in [0.15, 0.2) is 17.2 Å². The van der Waals surface area contributed by atoms with E-state index < -0.39 is 0 Å². The van der Waals surface area contributed by atoms with Crippen molar-refractivity contribution in [3.8, 4) is 11.9 Å². The molecule has 0 aromatic carbocycles. The van der Waals surface area contributed by atoms with Crippen LogP contribution in [-0.2, 0) is 0 Å². The van der Waals surface area contributed by atoms with Crippen molar-refractivity contribution in [2.24, 2.45) is 0 Å². The lowest BCUT2D eigenvalue weighted by Gasteiger charge is -2.31. The second kappa shape index (κ2) is 6.32. The fourth-order valence-electron chi connectivity index (χ4n) is 3.06. The largest absolute Gasteiger partial charge is 0.480 e. The Morgan fingerprint density at radius 1 is 1.16 bits per heavy atom. The summed E-state index contributed by atoms with van der Waals surface area (Å²) in [6, 6.07) is 5.61. The molecule has 126 valence electrons. The van der Waals surface area contributed by atoms with E-state index in [1.165, 1.54) is 6.20 Å². The lowest BCUT2D eigenvalue weighted by molar-refractivity contribution is 0.386. The van der Waals surface area contributed by atoms with Gasteiger partial charge in [0.2, 0.25) is 5.88 Å². The van der Waals surface area contributed by atoms with Crippen LogP contribution in [0, 0.1) is 11.3 Å². The van der Waals surface area contributed by atoms with E-state index >= 15 is 0 Å².